The first-order chi connectivity index (χ1) is 8.72. The summed E-state index contributed by atoms with van der Waals surface area (Å²) in [5.74, 6) is -0.0776. The predicted molar refractivity (Wildman–Crippen MR) is 71.3 cm³/mol. The number of aryl methyl sites for hydroxylation is 1. The summed E-state index contributed by atoms with van der Waals surface area (Å²) in [7, 11) is 0. The minimum Gasteiger partial charge on any atom is -0.330 e. The van der Waals surface area contributed by atoms with Gasteiger partial charge in [0.05, 0.1) is 5.69 Å². The van der Waals surface area contributed by atoms with Crippen LogP contribution in [0.5, 0.6) is 0 Å². The molecule has 1 aromatic carbocycles. The normalized spacial score (nSPS) is 10.6. The predicted octanol–water partition coefficient (Wildman–Crippen LogP) is 2.10. The van der Waals surface area contributed by atoms with E-state index in [-0.39, 0.29) is 5.91 Å². The van der Waals surface area contributed by atoms with E-state index in [1.54, 1.807) is 6.20 Å². The van der Waals surface area contributed by atoms with Gasteiger partial charge >= 0.3 is 0 Å². The minimum absolute atomic E-state index is 0.0776. The lowest BCUT2D eigenvalue weighted by Gasteiger charge is -2.00. The molecule has 4 heteroatoms. The second-order valence-corrected chi connectivity index (χ2v) is 4.22. The quantitative estimate of drug-likeness (QED) is 0.894. The first kappa shape index (κ1) is 12.5. The van der Waals surface area contributed by atoms with E-state index in [1.165, 1.54) is 11.6 Å². The average molecular weight is 243 g/mol. The Morgan fingerprint density at radius 1 is 1.33 bits per heavy atom. The zero-order valence-electron chi connectivity index (χ0n) is 10.5. The molecule has 0 spiro atoms. The van der Waals surface area contributed by atoms with Crippen molar-refractivity contribution in [2.45, 2.75) is 19.8 Å². The lowest BCUT2D eigenvalue weighted by molar-refractivity contribution is 0.0921. The van der Waals surface area contributed by atoms with Gasteiger partial charge in [-0.25, -0.2) is 4.68 Å². The standard InChI is InChI=1S/C14H17N3O/c1-11(18)17-10-13(8-5-9-15)14(16-17)12-6-3-2-4-7-12/h2-4,6-7,10H,5,8-9,15H2,1H3. The van der Waals surface area contributed by atoms with Crippen LogP contribution in [0.4, 0.5) is 0 Å². The largest absolute Gasteiger partial charge is 0.330 e. The van der Waals surface area contributed by atoms with Crippen molar-refractivity contribution >= 4 is 5.91 Å². The van der Waals surface area contributed by atoms with E-state index in [0.717, 1.165) is 29.7 Å². The molecule has 0 aliphatic carbocycles. The number of nitrogens with zero attached hydrogens (tertiary/aromatic N) is 2. The Morgan fingerprint density at radius 3 is 2.67 bits per heavy atom. The number of carbonyl (C=O) groups is 1. The van der Waals surface area contributed by atoms with E-state index >= 15 is 0 Å². The van der Waals surface area contributed by atoms with Crippen LogP contribution in [0.15, 0.2) is 36.5 Å². The van der Waals surface area contributed by atoms with Crippen LogP contribution in [0.3, 0.4) is 0 Å². The Balaban J connectivity index is 2.40. The average Bonchev–Trinajstić information content (AvgIpc) is 2.81. The number of carbonyl (C=O) groups excluding carboxylic acids is 1. The van der Waals surface area contributed by atoms with Crippen molar-refractivity contribution in [3.8, 4) is 11.3 Å². The summed E-state index contributed by atoms with van der Waals surface area (Å²) in [5, 5.41) is 4.36. The Hall–Kier alpha value is -1.94. The minimum atomic E-state index is -0.0776. The Labute approximate surface area is 106 Å². The molecule has 0 radical (unpaired) electrons. The van der Waals surface area contributed by atoms with Crippen molar-refractivity contribution in [3.05, 3.63) is 42.1 Å². The van der Waals surface area contributed by atoms with Crippen molar-refractivity contribution in [3.63, 3.8) is 0 Å². The summed E-state index contributed by atoms with van der Waals surface area (Å²) in [5.41, 5.74) is 8.51. The van der Waals surface area contributed by atoms with Gasteiger partial charge in [0.1, 0.15) is 0 Å². The molecule has 1 aromatic heterocycles. The third kappa shape index (κ3) is 2.65. The number of rotatable bonds is 4. The molecule has 2 N–H and O–H groups in total. The van der Waals surface area contributed by atoms with Gasteiger partial charge in [-0.3, -0.25) is 4.79 Å². The van der Waals surface area contributed by atoms with E-state index in [2.05, 4.69) is 5.10 Å². The molecule has 0 aliphatic rings. The van der Waals surface area contributed by atoms with Gasteiger partial charge in [0, 0.05) is 18.7 Å². The van der Waals surface area contributed by atoms with Gasteiger partial charge in [-0.15, -0.1) is 0 Å². The molecule has 0 saturated carbocycles. The summed E-state index contributed by atoms with van der Waals surface area (Å²) >= 11 is 0. The molecule has 0 aliphatic heterocycles. The van der Waals surface area contributed by atoms with Gasteiger partial charge in [0.2, 0.25) is 5.91 Å². The summed E-state index contributed by atoms with van der Waals surface area (Å²) < 4.78 is 1.40. The molecule has 0 atom stereocenters. The fourth-order valence-electron chi connectivity index (χ4n) is 1.89. The van der Waals surface area contributed by atoms with Crippen molar-refractivity contribution in [2.75, 3.05) is 6.54 Å². The van der Waals surface area contributed by atoms with Gasteiger partial charge in [-0.2, -0.15) is 5.10 Å². The van der Waals surface area contributed by atoms with Crippen LogP contribution in [0, 0.1) is 0 Å². The second kappa shape index (κ2) is 5.60. The Kier molecular flexibility index (Phi) is 3.89. The maximum Gasteiger partial charge on any atom is 0.243 e. The molecule has 0 bridgehead atoms. The first-order valence-electron chi connectivity index (χ1n) is 6.07. The smallest absolute Gasteiger partial charge is 0.243 e. The summed E-state index contributed by atoms with van der Waals surface area (Å²) in [6.45, 7) is 2.15. The molecule has 0 amide bonds. The molecule has 18 heavy (non-hydrogen) atoms. The SMILES string of the molecule is CC(=O)n1cc(CCCN)c(-c2ccccc2)n1. The second-order valence-electron chi connectivity index (χ2n) is 4.22. The van der Waals surface area contributed by atoms with Crippen molar-refractivity contribution in [1.82, 2.24) is 9.78 Å². The van der Waals surface area contributed by atoms with E-state index in [0.29, 0.717) is 6.54 Å². The van der Waals surface area contributed by atoms with Crippen LogP contribution >= 0.6 is 0 Å². The molecular formula is C14H17N3O. The summed E-state index contributed by atoms with van der Waals surface area (Å²) in [4.78, 5) is 11.4. The molecule has 4 nitrogen and oxygen atoms in total. The van der Waals surface area contributed by atoms with Crippen molar-refractivity contribution in [2.24, 2.45) is 5.73 Å². The topological polar surface area (TPSA) is 60.9 Å². The molecular weight excluding hydrogens is 226 g/mol. The molecule has 2 rings (SSSR count). The monoisotopic (exact) mass is 243 g/mol. The Bertz CT molecular complexity index is 531. The van der Waals surface area contributed by atoms with Crippen LogP contribution in [-0.2, 0) is 6.42 Å². The zero-order chi connectivity index (χ0) is 13.0. The van der Waals surface area contributed by atoms with Gasteiger partial charge in [-0.05, 0) is 24.9 Å². The Morgan fingerprint density at radius 2 is 2.06 bits per heavy atom. The van der Waals surface area contributed by atoms with E-state index in [1.807, 2.05) is 30.3 Å². The highest BCUT2D eigenvalue weighted by atomic mass is 16.2. The van der Waals surface area contributed by atoms with Gasteiger partial charge in [-0.1, -0.05) is 30.3 Å². The number of hydrogen-bond donors (Lipinski definition) is 1. The van der Waals surface area contributed by atoms with Gasteiger partial charge < -0.3 is 5.73 Å². The highest BCUT2D eigenvalue weighted by molar-refractivity contribution is 5.77. The first-order valence-corrected chi connectivity index (χ1v) is 6.07. The lowest BCUT2D eigenvalue weighted by atomic mass is 10.0. The van der Waals surface area contributed by atoms with Crippen molar-refractivity contribution < 1.29 is 4.79 Å². The van der Waals surface area contributed by atoms with Crippen LogP contribution in [0.25, 0.3) is 11.3 Å². The van der Waals surface area contributed by atoms with E-state index in [4.69, 9.17) is 5.73 Å². The third-order valence-electron chi connectivity index (χ3n) is 2.81. The lowest BCUT2D eigenvalue weighted by Crippen LogP contribution is -2.05. The number of nitrogens with two attached hydrogens (primary N) is 1. The maximum atomic E-state index is 11.4. The molecule has 1 heterocycles. The summed E-state index contributed by atoms with van der Waals surface area (Å²) in [6.07, 6.45) is 3.54. The molecule has 0 unspecified atom stereocenters. The van der Waals surface area contributed by atoms with Gasteiger partial charge in [0.25, 0.3) is 0 Å². The number of benzene rings is 1. The maximum absolute atomic E-state index is 11.4. The zero-order valence-corrected chi connectivity index (χ0v) is 10.5. The number of hydrogen-bond acceptors (Lipinski definition) is 3. The molecule has 2 aromatic rings. The highest BCUT2D eigenvalue weighted by Gasteiger charge is 2.12. The van der Waals surface area contributed by atoms with Crippen LogP contribution in [0.1, 0.15) is 23.7 Å². The molecule has 94 valence electrons. The van der Waals surface area contributed by atoms with Crippen LogP contribution in [0.2, 0.25) is 0 Å². The summed E-state index contributed by atoms with van der Waals surface area (Å²) in [6, 6.07) is 9.90. The van der Waals surface area contributed by atoms with Gasteiger partial charge in [0.15, 0.2) is 0 Å². The fraction of sp³-hybridized carbons (Fsp3) is 0.286. The highest BCUT2D eigenvalue weighted by Crippen LogP contribution is 2.22. The van der Waals surface area contributed by atoms with E-state index in [9.17, 15) is 4.79 Å². The third-order valence-corrected chi connectivity index (χ3v) is 2.81. The van der Waals surface area contributed by atoms with Crippen LogP contribution < -0.4 is 5.73 Å². The van der Waals surface area contributed by atoms with Crippen LogP contribution in [-0.4, -0.2) is 22.2 Å². The van der Waals surface area contributed by atoms with E-state index < -0.39 is 0 Å². The van der Waals surface area contributed by atoms with Crippen molar-refractivity contribution in [1.29, 1.82) is 0 Å². The fourth-order valence-corrected chi connectivity index (χ4v) is 1.89. The molecule has 0 fully saturated rings. The molecule has 0 saturated heterocycles. The number of aromatic nitrogens is 2.